The fourth-order valence-corrected chi connectivity index (χ4v) is 1.94. The van der Waals surface area contributed by atoms with E-state index in [-0.39, 0.29) is 0 Å². The lowest BCUT2D eigenvalue weighted by Gasteiger charge is -2.05. The van der Waals surface area contributed by atoms with Crippen LogP contribution >= 0.6 is 0 Å². The van der Waals surface area contributed by atoms with E-state index in [1.807, 2.05) is 37.3 Å². The molecular weight excluding hydrogens is 238 g/mol. The molecule has 1 aromatic carbocycles. The third-order valence-corrected chi connectivity index (χ3v) is 2.98. The summed E-state index contributed by atoms with van der Waals surface area (Å²) in [6, 6.07) is 11.6. The predicted octanol–water partition coefficient (Wildman–Crippen LogP) is 2.18. The van der Waals surface area contributed by atoms with Crippen molar-refractivity contribution in [3.63, 3.8) is 0 Å². The maximum Gasteiger partial charge on any atom is 0.171 e. The first-order valence-electron chi connectivity index (χ1n) is 5.81. The number of rotatable bonds is 1. The van der Waals surface area contributed by atoms with Gasteiger partial charge in [0.2, 0.25) is 0 Å². The maximum atomic E-state index is 9.25. The summed E-state index contributed by atoms with van der Waals surface area (Å²) in [6.45, 7) is 1.87. The molecule has 2 N–H and O–H groups in total. The number of para-hydroxylation sites is 1. The van der Waals surface area contributed by atoms with Crippen LogP contribution in [0.15, 0.2) is 36.5 Å². The number of anilines is 1. The van der Waals surface area contributed by atoms with E-state index in [1.54, 1.807) is 10.9 Å². The van der Waals surface area contributed by atoms with Crippen LogP contribution in [0.2, 0.25) is 0 Å². The van der Waals surface area contributed by atoms with E-state index in [2.05, 4.69) is 16.2 Å². The highest BCUT2D eigenvalue weighted by molar-refractivity contribution is 5.81. The highest BCUT2D eigenvalue weighted by atomic mass is 15.3. The highest BCUT2D eigenvalue weighted by Crippen LogP contribution is 2.20. The van der Waals surface area contributed by atoms with Gasteiger partial charge >= 0.3 is 0 Å². The molecule has 92 valence electrons. The lowest BCUT2D eigenvalue weighted by molar-refractivity contribution is 0.853. The van der Waals surface area contributed by atoms with Crippen molar-refractivity contribution in [2.24, 2.45) is 0 Å². The molecule has 5 heteroatoms. The molecule has 2 aromatic heterocycles. The molecule has 3 aromatic rings. The highest BCUT2D eigenvalue weighted by Gasteiger charge is 2.11. The molecule has 19 heavy (non-hydrogen) atoms. The number of aromatic nitrogens is 3. The summed E-state index contributed by atoms with van der Waals surface area (Å²) in [6.07, 6.45) is 1.77. The van der Waals surface area contributed by atoms with Crippen LogP contribution in [-0.4, -0.2) is 14.8 Å². The zero-order chi connectivity index (χ0) is 13.4. The van der Waals surface area contributed by atoms with Crippen LogP contribution in [0.5, 0.6) is 0 Å². The Balaban J connectivity index is 2.30. The first-order chi connectivity index (χ1) is 9.19. The largest absolute Gasteiger partial charge is 0.382 e. The smallest absolute Gasteiger partial charge is 0.171 e. The molecule has 0 bridgehead atoms. The summed E-state index contributed by atoms with van der Waals surface area (Å²) in [5, 5.41) is 14.4. The molecule has 2 heterocycles. The Morgan fingerprint density at radius 1 is 1.32 bits per heavy atom. The van der Waals surface area contributed by atoms with Gasteiger partial charge in [-0.15, -0.1) is 5.10 Å². The van der Waals surface area contributed by atoms with Crippen molar-refractivity contribution in [3.05, 3.63) is 47.7 Å². The van der Waals surface area contributed by atoms with Crippen LogP contribution in [0, 0.1) is 18.3 Å². The summed E-state index contributed by atoms with van der Waals surface area (Å²) >= 11 is 0. The second kappa shape index (κ2) is 4.10. The molecule has 0 aliphatic carbocycles. The zero-order valence-electron chi connectivity index (χ0n) is 10.3. The number of aryl methyl sites for hydroxylation is 1. The average molecular weight is 249 g/mol. The van der Waals surface area contributed by atoms with Gasteiger partial charge in [0.15, 0.2) is 5.82 Å². The molecule has 0 fully saturated rings. The number of fused-ring (bicyclic) bond motifs is 1. The standard InChI is InChI=1S/C14H11N5/c1-9-8-19(18-13(9)16)14-11(7-15)6-10-4-2-3-5-12(10)17-14/h2-6,8H,1H3,(H2,16,18). The molecule has 0 amide bonds. The Kier molecular flexibility index (Phi) is 2.43. The van der Waals surface area contributed by atoms with Gasteiger partial charge in [0.05, 0.1) is 11.1 Å². The Morgan fingerprint density at radius 2 is 2.11 bits per heavy atom. The van der Waals surface area contributed by atoms with Crippen LogP contribution in [0.25, 0.3) is 16.7 Å². The third kappa shape index (κ3) is 1.79. The Bertz CT molecular complexity index is 791. The average Bonchev–Trinajstić information content (AvgIpc) is 2.77. The fraction of sp³-hybridized carbons (Fsp3) is 0.0714. The van der Waals surface area contributed by atoms with E-state index in [0.29, 0.717) is 17.2 Å². The van der Waals surface area contributed by atoms with E-state index in [9.17, 15) is 5.26 Å². The Hall–Kier alpha value is -2.87. The molecule has 0 atom stereocenters. The van der Waals surface area contributed by atoms with Gasteiger partial charge < -0.3 is 5.73 Å². The molecule has 0 radical (unpaired) electrons. The first-order valence-corrected chi connectivity index (χ1v) is 5.81. The van der Waals surface area contributed by atoms with Gasteiger partial charge in [0.25, 0.3) is 0 Å². The van der Waals surface area contributed by atoms with Gasteiger partial charge in [-0.2, -0.15) is 5.26 Å². The molecule has 0 spiro atoms. The van der Waals surface area contributed by atoms with Gasteiger partial charge in [0, 0.05) is 17.1 Å². The fourth-order valence-electron chi connectivity index (χ4n) is 1.94. The molecule has 0 saturated carbocycles. The molecule has 0 aliphatic rings. The number of hydrogen-bond acceptors (Lipinski definition) is 4. The number of nitrogen functional groups attached to an aromatic ring is 1. The van der Waals surface area contributed by atoms with E-state index in [1.165, 1.54) is 0 Å². The monoisotopic (exact) mass is 249 g/mol. The summed E-state index contributed by atoms with van der Waals surface area (Å²) in [4.78, 5) is 4.49. The topological polar surface area (TPSA) is 80.5 Å². The molecular formula is C14H11N5. The molecule has 0 saturated heterocycles. The number of pyridine rings is 1. The molecule has 5 nitrogen and oxygen atoms in total. The minimum absolute atomic E-state index is 0.443. The van der Waals surface area contributed by atoms with Gasteiger partial charge in [-0.05, 0) is 19.1 Å². The van der Waals surface area contributed by atoms with Crippen molar-refractivity contribution >= 4 is 16.7 Å². The van der Waals surface area contributed by atoms with Gasteiger partial charge in [-0.3, -0.25) is 0 Å². The van der Waals surface area contributed by atoms with Crippen molar-refractivity contribution in [1.82, 2.24) is 14.8 Å². The molecule has 3 rings (SSSR count). The van der Waals surface area contributed by atoms with Crippen molar-refractivity contribution in [3.8, 4) is 11.9 Å². The lowest BCUT2D eigenvalue weighted by Crippen LogP contribution is -2.02. The van der Waals surface area contributed by atoms with E-state index < -0.39 is 0 Å². The minimum atomic E-state index is 0.443. The summed E-state index contributed by atoms with van der Waals surface area (Å²) in [5.41, 5.74) is 7.90. The van der Waals surface area contributed by atoms with E-state index >= 15 is 0 Å². The van der Waals surface area contributed by atoms with Crippen molar-refractivity contribution < 1.29 is 0 Å². The van der Waals surface area contributed by atoms with Crippen LogP contribution in [0.1, 0.15) is 11.1 Å². The van der Waals surface area contributed by atoms with Crippen LogP contribution < -0.4 is 5.73 Å². The van der Waals surface area contributed by atoms with Crippen molar-refractivity contribution in [2.75, 3.05) is 5.73 Å². The van der Waals surface area contributed by atoms with Crippen molar-refractivity contribution in [1.29, 1.82) is 5.26 Å². The zero-order valence-corrected chi connectivity index (χ0v) is 10.3. The van der Waals surface area contributed by atoms with Crippen LogP contribution in [-0.2, 0) is 0 Å². The Morgan fingerprint density at radius 3 is 2.79 bits per heavy atom. The summed E-state index contributed by atoms with van der Waals surface area (Å²) in [5.74, 6) is 0.944. The maximum absolute atomic E-state index is 9.25. The van der Waals surface area contributed by atoms with Gasteiger partial charge in [0.1, 0.15) is 11.9 Å². The van der Waals surface area contributed by atoms with E-state index in [0.717, 1.165) is 16.5 Å². The lowest BCUT2D eigenvalue weighted by atomic mass is 10.1. The summed E-state index contributed by atoms with van der Waals surface area (Å²) in [7, 11) is 0. The number of hydrogen-bond donors (Lipinski definition) is 1. The second-order valence-electron chi connectivity index (χ2n) is 4.31. The normalized spacial score (nSPS) is 10.5. The number of nitrogens with zero attached hydrogens (tertiary/aromatic N) is 4. The number of nitriles is 1. The predicted molar refractivity (Wildman–Crippen MR) is 72.7 cm³/mol. The molecule has 0 aliphatic heterocycles. The number of nitrogens with two attached hydrogens (primary N) is 1. The van der Waals surface area contributed by atoms with Crippen molar-refractivity contribution in [2.45, 2.75) is 6.92 Å². The van der Waals surface area contributed by atoms with Gasteiger partial charge in [-0.1, -0.05) is 18.2 Å². The van der Waals surface area contributed by atoms with Crippen LogP contribution in [0.3, 0.4) is 0 Å². The SMILES string of the molecule is Cc1cn(-c2nc3ccccc3cc2C#N)nc1N. The second-order valence-corrected chi connectivity index (χ2v) is 4.31. The third-order valence-electron chi connectivity index (χ3n) is 2.98. The summed E-state index contributed by atoms with van der Waals surface area (Å²) < 4.78 is 1.55. The first kappa shape index (κ1) is 11.2. The Labute approximate surface area is 109 Å². The van der Waals surface area contributed by atoms with E-state index in [4.69, 9.17) is 5.73 Å². The minimum Gasteiger partial charge on any atom is -0.382 e. The van der Waals surface area contributed by atoms with Gasteiger partial charge in [-0.25, -0.2) is 9.67 Å². The quantitative estimate of drug-likeness (QED) is 0.716. The van der Waals surface area contributed by atoms with Crippen LogP contribution in [0.4, 0.5) is 5.82 Å². The number of benzene rings is 1. The molecule has 0 unspecified atom stereocenters.